The van der Waals surface area contributed by atoms with Crippen LogP contribution in [-0.2, 0) is 0 Å². The van der Waals surface area contributed by atoms with Crippen LogP contribution in [0.3, 0.4) is 0 Å². The van der Waals surface area contributed by atoms with E-state index in [1.165, 1.54) is 0 Å². The average molecular weight is 329 g/mol. The lowest BCUT2D eigenvalue weighted by atomic mass is 10.1. The molecule has 4 rings (SSSR count). The number of anilines is 2. The highest BCUT2D eigenvalue weighted by molar-refractivity contribution is 6.30. The molecule has 2 heterocycles. The Morgan fingerprint density at radius 1 is 1.17 bits per heavy atom. The number of nitrogens with zero attached hydrogens (tertiary/aromatic N) is 2. The molecule has 0 bridgehead atoms. The van der Waals surface area contributed by atoms with Crippen LogP contribution >= 0.6 is 11.6 Å². The summed E-state index contributed by atoms with van der Waals surface area (Å²) in [7, 11) is 0. The third-order valence-electron chi connectivity index (χ3n) is 3.71. The second kappa shape index (κ2) is 5.17. The summed E-state index contributed by atoms with van der Waals surface area (Å²) in [5, 5.41) is 1.27. The number of hydrogen-bond acceptors (Lipinski definition) is 6. The van der Waals surface area contributed by atoms with Gasteiger partial charge in [0.2, 0.25) is 5.95 Å². The number of rotatable bonds is 2. The van der Waals surface area contributed by atoms with Crippen LogP contribution in [0.5, 0.6) is 11.5 Å². The van der Waals surface area contributed by atoms with Crippen molar-refractivity contribution in [3.8, 4) is 11.5 Å². The molecule has 0 saturated carbocycles. The van der Waals surface area contributed by atoms with Crippen LogP contribution in [0.2, 0.25) is 5.02 Å². The summed E-state index contributed by atoms with van der Waals surface area (Å²) < 4.78 is 11.7. The summed E-state index contributed by atoms with van der Waals surface area (Å²) in [6, 6.07) is 10.9. The van der Waals surface area contributed by atoms with Crippen LogP contribution in [0.25, 0.3) is 10.9 Å². The summed E-state index contributed by atoms with van der Waals surface area (Å²) >= 11 is 6.06. The molecule has 3 aromatic rings. The van der Waals surface area contributed by atoms with Crippen molar-refractivity contribution in [1.29, 1.82) is 0 Å². The molecular weight excluding hydrogens is 316 g/mol. The Morgan fingerprint density at radius 2 is 2.04 bits per heavy atom. The minimum Gasteiger partial charge on any atom is -0.489 e. The van der Waals surface area contributed by atoms with Gasteiger partial charge in [0.25, 0.3) is 0 Å². The number of nitrogens with two attached hydrogens (primary N) is 2. The van der Waals surface area contributed by atoms with E-state index in [2.05, 4.69) is 9.97 Å². The van der Waals surface area contributed by atoms with Crippen LogP contribution in [-0.4, -0.2) is 16.6 Å². The third-order valence-corrected chi connectivity index (χ3v) is 3.94. The molecule has 0 spiro atoms. The Bertz CT molecular complexity index is 916. The highest BCUT2D eigenvalue weighted by atomic mass is 35.5. The van der Waals surface area contributed by atoms with Gasteiger partial charge in [-0.15, -0.1) is 0 Å². The zero-order valence-electron chi connectivity index (χ0n) is 12.0. The van der Waals surface area contributed by atoms with Gasteiger partial charge in [-0.1, -0.05) is 17.7 Å². The highest BCUT2D eigenvalue weighted by Crippen LogP contribution is 2.39. The number of hydrogen-bond donors (Lipinski definition) is 2. The Balaban J connectivity index is 1.77. The first kappa shape index (κ1) is 13.9. The standard InChI is InChI=1S/C16H13ClN4O2/c17-8-4-5-11-9(6-8)13(7-22-11)23-12-3-1-2-10-14(12)15(18)21-16(19)20-10/h1-6,13H,7H2,(H4,18,19,20,21). The lowest BCUT2D eigenvalue weighted by Crippen LogP contribution is -2.10. The summed E-state index contributed by atoms with van der Waals surface area (Å²) in [6.07, 6.45) is -0.272. The monoisotopic (exact) mass is 328 g/mol. The largest absolute Gasteiger partial charge is 0.489 e. The lowest BCUT2D eigenvalue weighted by Gasteiger charge is -2.15. The van der Waals surface area contributed by atoms with Crippen molar-refractivity contribution < 1.29 is 9.47 Å². The predicted octanol–water partition coefficient (Wildman–Crippen LogP) is 2.96. The minimum absolute atomic E-state index is 0.133. The molecule has 0 radical (unpaired) electrons. The molecule has 1 aliphatic heterocycles. The molecule has 0 amide bonds. The van der Waals surface area contributed by atoms with Crippen molar-refractivity contribution in [3.05, 3.63) is 47.0 Å². The van der Waals surface area contributed by atoms with Gasteiger partial charge in [-0.25, -0.2) is 4.98 Å². The molecule has 0 aliphatic carbocycles. The van der Waals surface area contributed by atoms with Gasteiger partial charge in [0.15, 0.2) is 6.10 Å². The smallest absolute Gasteiger partial charge is 0.222 e. The van der Waals surface area contributed by atoms with Crippen molar-refractivity contribution in [3.63, 3.8) is 0 Å². The maximum absolute atomic E-state index is 6.11. The molecule has 1 unspecified atom stereocenters. The van der Waals surface area contributed by atoms with E-state index >= 15 is 0 Å². The van der Waals surface area contributed by atoms with Gasteiger partial charge in [0.05, 0.1) is 10.9 Å². The van der Waals surface area contributed by atoms with E-state index < -0.39 is 0 Å². The molecule has 7 heteroatoms. The van der Waals surface area contributed by atoms with E-state index in [1.54, 1.807) is 6.07 Å². The van der Waals surface area contributed by atoms with Gasteiger partial charge >= 0.3 is 0 Å². The molecule has 2 aromatic carbocycles. The first-order valence-electron chi connectivity index (χ1n) is 7.02. The lowest BCUT2D eigenvalue weighted by molar-refractivity contribution is 0.165. The Hall–Kier alpha value is -2.73. The van der Waals surface area contributed by atoms with Gasteiger partial charge in [-0.05, 0) is 30.3 Å². The minimum atomic E-state index is -0.272. The molecule has 1 atom stereocenters. The molecule has 1 aromatic heterocycles. The van der Waals surface area contributed by atoms with Gasteiger partial charge in [-0.2, -0.15) is 4.98 Å². The maximum Gasteiger partial charge on any atom is 0.222 e. The van der Waals surface area contributed by atoms with Gasteiger partial charge in [0, 0.05) is 10.6 Å². The number of halogens is 1. The van der Waals surface area contributed by atoms with Crippen LogP contribution in [0.4, 0.5) is 11.8 Å². The normalized spacial score (nSPS) is 16.1. The highest BCUT2D eigenvalue weighted by Gasteiger charge is 2.27. The van der Waals surface area contributed by atoms with Crippen molar-refractivity contribution in [2.24, 2.45) is 0 Å². The number of aromatic nitrogens is 2. The topological polar surface area (TPSA) is 96.3 Å². The molecule has 6 nitrogen and oxygen atoms in total. The van der Waals surface area contributed by atoms with E-state index in [9.17, 15) is 0 Å². The van der Waals surface area contributed by atoms with E-state index in [-0.39, 0.29) is 17.9 Å². The van der Waals surface area contributed by atoms with Crippen LogP contribution in [0, 0.1) is 0 Å². The fraction of sp³-hybridized carbons (Fsp3) is 0.125. The summed E-state index contributed by atoms with van der Waals surface area (Å²) in [5.74, 6) is 1.77. The molecule has 23 heavy (non-hydrogen) atoms. The van der Waals surface area contributed by atoms with Crippen LogP contribution in [0.1, 0.15) is 11.7 Å². The second-order valence-corrected chi connectivity index (χ2v) is 5.65. The van der Waals surface area contributed by atoms with Gasteiger partial charge in [0.1, 0.15) is 23.9 Å². The predicted molar refractivity (Wildman–Crippen MR) is 88.7 cm³/mol. The molecular formula is C16H13ClN4O2. The number of ether oxygens (including phenoxy) is 2. The third kappa shape index (κ3) is 2.37. The Labute approximate surface area is 137 Å². The fourth-order valence-corrected chi connectivity index (χ4v) is 2.89. The van der Waals surface area contributed by atoms with Gasteiger partial charge in [-0.3, -0.25) is 0 Å². The zero-order chi connectivity index (χ0) is 16.0. The van der Waals surface area contributed by atoms with Crippen LogP contribution in [0.15, 0.2) is 36.4 Å². The number of benzene rings is 2. The average Bonchev–Trinajstić information content (AvgIpc) is 2.89. The number of nitrogen functional groups attached to an aromatic ring is 2. The second-order valence-electron chi connectivity index (χ2n) is 5.22. The maximum atomic E-state index is 6.11. The van der Waals surface area contributed by atoms with E-state index in [1.807, 2.05) is 30.3 Å². The molecule has 4 N–H and O–H groups in total. The Kier molecular flexibility index (Phi) is 3.12. The molecule has 1 aliphatic rings. The first-order chi connectivity index (χ1) is 11.1. The zero-order valence-corrected chi connectivity index (χ0v) is 12.7. The van der Waals surface area contributed by atoms with Crippen molar-refractivity contribution in [2.45, 2.75) is 6.10 Å². The molecule has 0 fully saturated rings. The van der Waals surface area contributed by atoms with Crippen molar-refractivity contribution in [1.82, 2.24) is 9.97 Å². The first-order valence-corrected chi connectivity index (χ1v) is 7.40. The van der Waals surface area contributed by atoms with Gasteiger partial charge < -0.3 is 20.9 Å². The summed E-state index contributed by atoms with van der Waals surface area (Å²) in [4.78, 5) is 8.19. The summed E-state index contributed by atoms with van der Waals surface area (Å²) in [6.45, 7) is 0.405. The summed E-state index contributed by atoms with van der Waals surface area (Å²) in [5.41, 5.74) is 13.2. The van der Waals surface area contributed by atoms with Crippen molar-refractivity contribution >= 4 is 34.3 Å². The van der Waals surface area contributed by atoms with E-state index in [0.717, 1.165) is 11.3 Å². The van der Waals surface area contributed by atoms with E-state index in [4.69, 9.17) is 32.5 Å². The quantitative estimate of drug-likeness (QED) is 0.750. The van der Waals surface area contributed by atoms with E-state index in [0.29, 0.717) is 28.3 Å². The fourth-order valence-electron chi connectivity index (χ4n) is 2.70. The number of fused-ring (bicyclic) bond motifs is 2. The molecule has 0 saturated heterocycles. The van der Waals surface area contributed by atoms with Crippen molar-refractivity contribution in [2.75, 3.05) is 18.1 Å². The van der Waals surface area contributed by atoms with Crippen LogP contribution < -0.4 is 20.9 Å². The Morgan fingerprint density at radius 3 is 2.91 bits per heavy atom. The molecule has 116 valence electrons. The SMILES string of the molecule is Nc1nc(N)c2c(OC3COc4ccc(Cl)cc43)cccc2n1.